The minimum atomic E-state index is -0.287. The lowest BCUT2D eigenvalue weighted by Gasteiger charge is -2.31. The molecule has 2 aromatic heterocycles. The van der Waals surface area contributed by atoms with Crippen LogP contribution in [0.25, 0.3) is 11.2 Å². The Morgan fingerprint density at radius 2 is 1.91 bits per heavy atom. The maximum Gasteiger partial charge on any atom is 0.281 e. The van der Waals surface area contributed by atoms with Crippen LogP contribution in [0.1, 0.15) is 46.1 Å². The molecule has 2 aromatic carbocycles. The lowest BCUT2D eigenvalue weighted by atomic mass is 9.95. The normalized spacial score (nSPS) is 14.5. The van der Waals surface area contributed by atoms with Gasteiger partial charge in [-0.05, 0) is 43.5 Å². The number of hydrogen-bond acceptors (Lipinski definition) is 6. The molecule has 0 spiro atoms. The fraction of sp³-hybridized carbons (Fsp3) is 0.320. The highest BCUT2D eigenvalue weighted by molar-refractivity contribution is 5.94. The van der Waals surface area contributed by atoms with E-state index in [0.717, 1.165) is 5.56 Å². The lowest BCUT2D eigenvalue weighted by molar-refractivity contribution is 0.0710. The van der Waals surface area contributed by atoms with Crippen molar-refractivity contribution in [3.8, 4) is 5.75 Å². The molecule has 1 N–H and O–H groups in total. The quantitative estimate of drug-likeness (QED) is 0.493. The summed E-state index contributed by atoms with van der Waals surface area (Å²) in [5, 5.41) is 8.21. The van der Waals surface area contributed by atoms with Gasteiger partial charge in [0.05, 0.1) is 13.7 Å². The van der Waals surface area contributed by atoms with Gasteiger partial charge in [-0.25, -0.2) is 9.67 Å². The van der Waals surface area contributed by atoms with Crippen LogP contribution in [0.3, 0.4) is 0 Å². The summed E-state index contributed by atoms with van der Waals surface area (Å²) in [6, 6.07) is 15.3. The average molecular weight is 459 g/mol. The van der Waals surface area contributed by atoms with Gasteiger partial charge in [0, 0.05) is 24.6 Å². The maximum atomic E-state index is 12.9. The minimum absolute atomic E-state index is 0.0189. The third-order valence-corrected chi connectivity index (χ3v) is 6.33. The number of amides is 1. The van der Waals surface area contributed by atoms with Gasteiger partial charge in [-0.1, -0.05) is 41.1 Å². The van der Waals surface area contributed by atoms with Crippen molar-refractivity contribution < 1.29 is 9.53 Å². The van der Waals surface area contributed by atoms with Crippen molar-refractivity contribution in [2.45, 2.75) is 32.2 Å². The molecule has 1 fully saturated rings. The fourth-order valence-corrected chi connectivity index (χ4v) is 4.34. The van der Waals surface area contributed by atoms with E-state index in [1.807, 2.05) is 48.2 Å². The second-order valence-electron chi connectivity index (χ2n) is 8.65. The van der Waals surface area contributed by atoms with E-state index >= 15 is 0 Å². The molecule has 0 bridgehead atoms. The summed E-state index contributed by atoms with van der Waals surface area (Å²) in [6.45, 7) is 3.70. The van der Waals surface area contributed by atoms with Crippen LogP contribution in [0.15, 0.2) is 53.3 Å². The first-order chi connectivity index (χ1) is 16.5. The van der Waals surface area contributed by atoms with Crippen LogP contribution < -0.4 is 10.3 Å². The first-order valence-electron chi connectivity index (χ1n) is 11.3. The smallest absolute Gasteiger partial charge is 0.281 e. The Balaban J connectivity index is 1.33. The Kier molecular flexibility index (Phi) is 5.83. The monoisotopic (exact) mass is 458 g/mol. The number of aromatic nitrogens is 5. The number of aromatic amines is 1. The Labute approximate surface area is 196 Å². The standard InChI is InChI=1S/C25H26N6O3/c1-16-6-8-17(9-7-16)15-31-23-21(28-29-31)24(32)27-22(26-23)18-10-12-30(13-11-18)25(33)19-4-3-5-20(14-19)34-2/h3-9,14,18H,10-13,15H2,1-2H3,(H,26,27,32). The highest BCUT2D eigenvalue weighted by atomic mass is 16.5. The zero-order chi connectivity index (χ0) is 23.7. The largest absolute Gasteiger partial charge is 0.497 e. The second kappa shape index (κ2) is 9.09. The van der Waals surface area contributed by atoms with Crippen LogP contribution in [0, 0.1) is 6.92 Å². The van der Waals surface area contributed by atoms with Gasteiger partial charge >= 0.3 is 0 Å². The molecular weight excluding hydrogens is 432 g/mol. The molecule has 5 rings (SSSR count). The number of nitrogens with one attached hydrogen (secondary N) is 1. The molecule has 0 atom stereocenters. The van der Waals surface area contributed by atoms with Crippen molar-refractivity contribution in [2.24, 2.45) is 0 Å². The van der Waals surface area contributed by atoms with E-state index in [9.17, 15) is 9.59 Å². The van der Waals surface area contributed by atoms with Gasteiger partial charge in [0.15, 0.2) is 11.2 Å². The van der Waals surface area contributed by atoms with Crippen LogP contribution in [0.4, 0.5) is 0 Å². The van der Waals surface area contributed by atoms with Gasteiger partial charge in [-0.2, -0.15) is 0 Å². The molecule has 1 saturated heterocycles. The number of benzene rings is 2. The Morgan fingerprint density at radius 1 is 1.15 bits per heavy atom. The molecule has 0 aliphatic carbocycles. The van der Waals surface area contributed by atoms with E-state index in [2.05, 4.69) is 15.3 Å². The number of methoxy groups -OCH3 is 1. The summed E-state index contributed by atoms with van der Waals surface area (Å²) >= 11 is 0. The Bertz CT molecular complexity index is 1380. The highest BCUT2D eigenvalue weighted by Crippen LogP contribution is 2.27. The van der Waals surface area contributed by atoms with Gasteiger partial charge in [0.1, 0.15) is 11.6 Å². The van der Waals surface area contributed by atoms with Crippen molar-refractivity contribution in [3.63, 3.8) is 0 Å². The molecule has 0 radical (unpaired) electrons. The van der Waals surface area contributed by atoms with Gasteiger partial charge in [-0.3, -0.25) is 9.59 Å². The summed E-state index contributed by atoms with van der Waals surface area (Å²) in [7, 11) is 1.59. The molecular formula is C25H26N6O3. The molecule has 0 unspecified atom stereocenters. The number of carbonyl (C=O) groups excluding carboxylic acids is 1. The van der Waals surface area contributed by atoms with Crippen molar-refractivity contribution in [3.05, 3.63) is 81.4 Å². The first kappa shape index (κ1) is 21.8. The number of carbonyl (C=O) groups is 1. The summed E-state index contributed by atoms with van der Waals surface area (Å²) in [6.07, 6.45) is 1.42. The van der Waals surface area contributed by atoms with Gasteiger partial charge in [0.25, 0.3) is 11.5 Å². The molecule has 0 saturated carbocycles. The van der Waals surface area contributed by atoms with E-state index in [4.69, 9.17) is 9.72 Å². The number of fused-ring (bicyclic) bond motifs is 1. The van der Waals surface area contributed by atoms with Gasteiger partial charge < -0.3 is 14.6 Å². The molecule has 3 heterocycles. The number of aryl methyl sites for hydroxylation is 1. The fourth-order valence-electron chi connectivity index (χ4n) is 4.34. The molecule has 4 aromatic rings. The summed E-state index contributed by atoms with van der Waals surface area (Å²) < 4.78 is 6.90. The minimum Gasteiger partial charge on any atom is -0.497 e. The number of piperidine rings is 1. The van der Waals surface area contributed by atoms with Crippen molar-refractivity contribution >= 4 is 17.1 Å². The van der Waals surface area contributed by atoms with Crippen molar-refractivity contribution in [2.75, 3.05) is 20.2 Å². The number of ether oxygens (including phenoxy) is 1. The predicted octanol–water partition coefficient (Wildman–Crippen LogP) is 2.90. The van der Waals surface area contributed by atoms with Gasteiger partial charge in [0.2, 0.25) is 0 Å². The highest BCUT2D eigenvalue weighted by Gasteiger charge is 2.27. The Morgan fingerprint density at radius 3 is 2.65 bits per heavy atom. The van der Waals surface area contributed by atoms with Crippen LogP contribution in [0.2, 0.25) is 0 Å². The van der Waals surface area contributed by atoms with Crippen LogP contribution in [-0.4, -0.2) is 56.0 Å². The molecule has 34 heavy (non-hydrogen) atoms. The van der Waals surface area contributed by atoms with E-state index in [1.54, 1.807) is 23.9 Å². The molecule has 9 nitrogen and oxygen atoms in total. The summed E-state index contributed by atoms with van der Waals surface area (Å²) in [5.41, 5.74) is 3.28. The summed E-state index contributed by atoms with van der Waals surface area (Å²) in [4.78, 5) is 35.1. The Hall–Kier alpha value is -4.01. The second-order valence-corrected chi connectivity index (χ2v) is 8.65. The van der Waals surface area contributed by atoms with E-state index in [0.29, 0.717) is 55.3 Å². The summed E-state index contributed by atoms with van der Waals surface area (Å²) in [5.74, 6) is 1.31. The lowest BCUT2D eigenvalue weighted by Crippen LogP contribution is -2.38. The van der Waals surface area contributed by atoms with Crippen LogP contribution in [0.5, 0.6) is 5.75 Å². The number of rotatable bonds is 5. The van der Waals surface area contributed by atoms with E-state index in [-0.39, 0.29) is 22.9 Å². The first-order valence-corrected chi connectivity index (χ1v) is 11.3. The third kappa shape index (κ3) is 4.28. The number of hydrogen-bond donors (Lipinski definition) is 1. The average Bonchev–Trinajstić information content (AvgIpc) is 3.28. The maximum absolute atomic E-state index is 12.9. The molecule has 9 heteroatoms. The number of likely N-dealkylation sites (tertiary alicyclic amines) is 1. The van der Waals surface area contributed by atoms with E-state index < -0.39 is 0 Å². The number of H-pyrrole nitrogens is 1. The SMILES string of the molecule is COc1cccc(C(=O)N2CCC(c3nc4c(nnn4Cc4ccc(C)cc4)c(=O)[nH]3)CC2)c1. The van der Waals surface area contributed by atoms with Crippen molar-refractivity contribution in [1.29, 1.82) is 0 Å². The molecule has 1 aliphatic rings. The topological polar surface area (TPSA) is 106 Å². The van der Waals surface area contributed by atoms with Crippen LogP contribution in [-0.2, 0) is 6.54 Å². The van der Waals surface area contributed by atoms with Crippen LogP contribution >= 0.6 is 0 Å². The van der Waals surface area contributed by atoms with Gasteiger partial charge in [-0.15, -0.1) is 5.10 Å². The number of nitrogens with zero attached hydrogens (tertiary/aromatic N) is 5. The van der Waals surface area contributed by atoms with Crippen molar-refractivity contribution in [1.82, 2.24) is 29.9 Å². The zero-order valence-corrected chi connectivity index (χ0v) is 19.2. The molecule has 1 amide bonds. The van der Waals surface area contributed by atoms with E-state index in [1.165, 1.54) is 5.56 Å². The third-order valence-electron chi connectivity index (χ3n) is 6.33. The molecule has 1 aliphatic heterocycles. The predicted molar refractivity (Wildman–Crippen MR) is 127 cm³/mol. The zero-order valence-electron chi connectivity index (χ0n) is 19.2. The molecule has 174 valence electrons.